The molecule has 24 heavy (non-hydrogen) atoms. The predicted octanol–water partition coefficient (Wildman–Crippen LogP) is 4.12. The molecule has 0 spiro atoms. The molecule has 0 aliphatic rings. The summed E-state index contributed by atoms with van der Waals surface area (Å²) in [5, 5.41) is 11.5. The molecule has 1 N–H and O–H groups in total. The molecule has 0 saturated heterocycles. The van der Waals surface area contributed by atoms with Gasteiger partial charge in [0.15, 0.2) is 10.9 Å². The van der Waals surface area contributed by atoms with Gasteiger partial charge in [0.1, 0.15) is 17.1 Å². The van der Waals surface area contributed by atoms with Gasteiger partial charge in [-0.15, -0.1) is 22.7 Å². The number of carbonyl (C=O) groups is 1. The Morgan fingerprint density at radius 3 is 2.92 bits per heavy atom. The third kappa shape index (κ3) is 2.77. The van der Waals surface area contributed by atoms with Gasteiger partial charge in [-0.05, 0) is 29.6 Å². The van der Waals surface area contributed by atoms with Crippen molar-refractivity contribution in [2.45, 2.75) is 0 Å². The van der Waals surface area contributed by atoms with Crippen LogP contribution in [0, 0.1) is 0 Å². The van der Waals surface area contributed by atoms with Crippen molar-refractivity contribution in [1.82, 2.24) is 14.8 Å². The average molecular weight is 356 g/mol. The lowest BCUT2D eigenvalue weighted by Gasteiger charge is -2.01. The van der Waals surface area contributed by atoms with Crippen LogP contribution in [0.5, 0.6) is 0 Å². The van der Waals surface area contributed by atoms with Crippen molar-refractivity contribution in [2.75, 3.05) is 5.32 Å². The fourth-order valence-corrected chi connectivity index (χ4v) is 3.63. The summed E-state index contributed by atoms with van der Waals surface area (Å²) in [7, 11) is 1.75. The second-order valence-corrected chi connectivity index (χ2v) is 6.79. The molecule has 0 bridgehead atoms. The molecular weight excluding hydrogens is 344 g/mol. The van der Waals surface area contributed by atoms with E-state index in [1.54, 1.807) is 41.5 Å². The highest BCUT2D eigenvalue weighted by Gasteiger charge is 2.16. The van der Waals surface area contributed by atoms with E-state index in [1.807, 2.05) is 29.0 Å². The van der Waals surface area contributed by atoms with Crippen molar-refractivity contribution in [3.8, 4) is 22.0 Å². The number of nitrogens with zero attached hydrogens (tertiary/aromatic N) is 3. The van der Waals surface area contributed by atoms with Crippen LogP contribution in [-0.2, 0) is 7.05 Å². The van der Waals surface area contributed by atoms with Crippen molar-refractivity contribution >= 4 is 33.7 Å². The summed E-state index contributed by atoms with van der Waals surface area (Å²) in [5.74, 6) is 0.431. The van der Waals surface area contributed by atoms with Crippen LogP contribution in [0.3, 0.4) is 0 Å². The Bertz CT molecular complexity index is 968. The maximum atomic E-state index is 12.5. The fourth-order valence-electron chi connectivity index (χ4n) is 2.25. The normalized spacial score (nSPS) is 10.9. The lowest BCUT2D eigenvalue weighted by molar-refractivity contribution is 0.101. The molecule has 0 fully saturated rings. The molecule has 0 saturated carbocycles. The molecule has 120 valence electrons. The van der Waals surface area contributed by atoms with E-state index in [9.17, 15) is 4.79 Å². The Labute approximate surface area is 145 Å². The van der Waals surface area contributed by atoms with E-state index in [4.69, 9.17) is 4.42 Å². The van der Waals surface area contributed by atoms with Crippen molar-refractivity contribution in [2.24, 2.45) is 7.05 Å². The topological polar surface area (TPSA) is 73.0 Å². The zero-order valence-corrected chi connectivity index (χ0v) is 14.2. The molecular formula is C16H12N4O2S2. The molecule has 1 amide bonds. The molecule has 8 heteroatoms. The van der Waals surface area contributed by atoms with Crippen molar-refractivity contribution in [3.63, 3.8) is 0 Å². The number of hydrogen-bond acceptors (Lipinski definition) is 6. The number of aromatic nitrogens is 3. The maximum absolute atomic E-state index is 12.5. The number of furan rings is 1. The molecule has 4 rings (SSSR count). The summed E-state index contributed by atoms with van der Waals surface area (Å²) in [6.45, 7) is 0. The minimum absolute atomic E-state index is 0.242. The van der Waals surface area contributed by atoms with Gasteiger partial charge in [-0.2, -0.15) is 5.10 Å². The number of carbonyl (C=O) groups excluding carboxylic acids is 1. The lowest BCUT2D eigenvalue weighted by atomic mass is 10.3. The second kappa shape index (κ2) is 6.06. The van der Waals surface area contributed by atoms with Gasteiger partial charge in [0, 0.05) is 12.4 Å². The molecule has 4 aromatic heterocycles. The summed E-state index contributed by atoms with van der Waals surface area (Å²) >= 11 is 2.94. The maximum Gasteiger partial charge on any atom is 0.275 e. The number of hydrogen-bond donors (Lipinski definition) is 1. The number of aryl methyl sites for hydroxylation is 1. The highest BCUT2D eigenvalue weighted by Crippen LogP contribution is 2.27. The van der Waals surface area contributed by atoms with Crippen LogP contribution >= 0.6 is 22.7 Å². The summed E-state index contributed by atoms with van der Waals surface area (Å²) in [5.41, 5.74) is 1.96. The number of amides is 1. The average Bonchev–Trinajstić information content (AvgIpc) is 3.34. The van der Waals surface area contributed by atoms with Gasteiger partial charge in [-0.3, -0.25) is 14.8 Å². The summed E-state index contributed by atoms with van der Waals surface area (Å²) in [4.78, 5) is 17.9. The molecule has 0 aromatic carbocycles. The SMILES string of the molecule is Cn1nc(-c2cccs2)cc1C(=O)Nc1nc(-c2ccco2)cs1. The summed E-state index contributed by atoms with van der Waals surface area (Å²) < 4.78 is 6.88. The molecule has 0 aliphatic heterocycles. The molecule has 4 heterocycles. The first-order chi connectivity index (χ1) is 11.7. The lowest BCUT2D eigenvalue weighted by Crippen LogP contribution is -2.15. The summed E-state index contributed by atoms with van der Waals surface area (Å²) in [6.07, 6.45) is 1.59. The van der Waals surface area contributed by atoms with Crippen molar-refractivity contribution < 1.29 is 9.21 Å². The van der Waals surface area contributed by atoms with E-state index in [2.05, 4.69) is 15.4 Å². The third-order valence-corrected chi connectivity index (χ3v) is 5.03. The first-order valence-electron chi connectivity index (χ1n) is 7.09. The second-order valence-electron chi connectivity index (χ2n) is 4.99. The molecule has 6 nitrogen and oxygen atoms in total. The Balaban J connectivity index is 1.54. The Hall–Kier alpha value is -2.71. The minimum Gasteiger partial charge on any atom is -0.463 e. The van der Waals surface area contributed by atoms with Crippen LogP contribution in [0.2, 0.25) is 0 Å². The Kier molecular flexibility index (Phi) is 3.75. The number of thiazole rings is 1. The molecule has 0 unspecified atom stereocenters. The smallest absolute Gasteiger partial charge is 0.275 e. The van der Waals surface area contributed by atoms with Crippen LogP contribution in [-0.4, -0.2) is 20.7 Å². The van der Waals surface area contributed by atoms with Gasteiger partial charge >= 0.3 is 0 Å². The highest BCUT2D eigenvalue weighted by atomic mass is 32.1. The highest BCUT2D eigenvalue weighted by molar-refractivity contribution is 7.14. The van der Waals surface area contributed by atoms with Crippen LogP contribution < -0.4 is 5.32 Å². The first kappa shape index (κ1) is 14.9. The fraction of sp³-hybridized carbons (Fsp3) is 0.0625. The standard InChI is InChI=1S/C16H12N4O2S2/c1-20-12(8-10(19-20)14-5-3-7-23-14)15(21)18-16-17-11(9-24-16)13-4-2-6-22-13/h2-9H,1H3,(H,17,18,21). The number of rotatable bonds is 4. The number of anilines is 1. The number of nitrogens with one attached hydrogen (secondary N) is 1. The van der Waals surface area contributed by atoms with E-state index in [0.29, 0.717) is 22.3 Å². The first-order valence-corrected chi connectivity index (χ1v) is 8.85. The van der Waals surface area contributed by atoms with Crippen molar-refractivity contribution in [3.05, 3.63) is 53.0 Å². The third-order valence-electron chi connectivity index (χ3n) is 3.38. The van der Waals surface area contributed by atoms with Crippen LogP contribution in [0.25, 0.3) is 22.0 Å². The Morgan fingerprint density at radius 1 is 1.25 bits per heavy atom. The number of thiophene rings is 1. The minimum atomic E-state index is -0.242. The van der Waals surface area contributed by atoms with Crippen LogP contribution in [0.1, 0.15) is 10.5 Å². The molecule has 4 aromatic rings. The van der Waals surface area contributed by atoms with E-state index in [-0.39, 0.29) is 5.91 Å². The van der Waals surface area contributed by atoms with E-state index in [0.717, 1.165) is 10.6 Å². The largest absolute Gasteiger partial charge is 0.463 e. The zero-order chi connectivity index (χ0) is 16.5. The van der Waals surface area contributed by atoms with Crippen LogP contribution in [0.15, 0.2) is 51.8 Å². The van der Waals surface area contributed by atoms with Crippen LogP contribution in [0.4, 0.5) is 5.13 Å². The zero-order valence-electron chi connectivity index (χ0n) is 12.6. The quantitative estimate of drug-likeness (QED) is 0.597. The van der Waals surface area contributed by atoms with Gasteiger partial charge in [0.05, 0.1) is 11.1 Å². The van der Waals surface area contributed by atoms with Gasteiger partial charge in [-0.25, -0.2) is 4.98 Å². The van der Waals surface area contributed by atoms with Crippen molar-refractivity contribution in [1.29, 1.82) is 0 Å². The Morgan fingerprint density at radius 2 is 2.17 bits per heavy atom. The van der Waals surface area contributed by atoms with Gasteiger partial charge in [-0.1, -0.05) is 6.07 Å². The van der Waals surface area contributed by atoms with Gasteiger partial charge in [0.2, 0.25) is 0 Å². The summed E-state index contributed by atoms with van der Waals surface area (Å²) in [6, 6.07) is 9.34. The van der Waals surface area contributed by atoms with E-state index >= 15 is 0 Å². The van der Waals surface area contributed by atoms with E-state index < -0.39 is 0 Å². The monoisotopic (exact) mass is 356 g/mol. The van der Waals surface area contributed by atoms with Gasteiger partial charge < -0.3 is 4.42 Å². The molecule has 0 atom stereocenters. The van der Waals surface area contributed by atoms with Gasteiger partial charge in [0.25, 0.3) is 5.91 Å². The predicted molar refractivity (Wildman–Crippen MR) is 94.3 cm³/mol. The molecule has 0 radical (unpaired) electrons. The van der Waals surface area contributed by atoms with E-state index in [1.165, 1.54) is 11.3 Å². The molecule has 0 aliphatic carbocycles.